The molecular formula is C21H32N2O2. The molecule has 138 valence electrons. The topological polar surface area (TPSA) is 50.4 Å². The van der Waals surface area contributed by atoms with Crippen LogP contribution in [0, 0.1) is 5.92 Å². The lowest BCUT2D eigenvalue weighted by Crippen LogP contribution is -2.43. The molecule has 2 atom stereocenters. The van der Waals surface area contributed by atoms with Crippen LogP contribution in [0.25, 0.3) is 0 Å². The number of amides is 1. The Kier molecular flexibility index (Phi) is 5.67. The van der Waals surface area contributed by atoms with Crippen molar-refractivity contribution in [2.45, 2.75) is 76.5 Å². The van der Waals surface area contributed by atoms with Gasteiger partial charge < -0.3 is 15.4 Å². The van der Waals surface area contributed by atoms with Gasteiger partial charge >= 0.3 is 6.09 Å². The molecule has 2 unspecified atom stereocenters. The number of rotatable bonds is 5. The summed E-state index contributed by atoms with van der Waals surface area (Å²) in [5.41, 5.74) is 1.22. The Labute approximate surface area is 151 Å². The van der Waals surface area contributed by atoms with Crippen molar-refractivity contribution in [1.29, 1.82) is 0 Å². The first-order chi connectivity index (χ1) is 11.9. The van der Waals surface area contributed by atoms with E-state index in [2.05, 4.69) is 41.0 Å². The van der Waals surface area contributed by atoms with Crippen LogP contribution in [0.4, 0.5) is 4.79 Å². The number of carbonyl (C=O) groups is 1. The molecule has 2 saturated carbocycles. The molecule has 25 heavy (non-hydrogen) atoms. The van der Waals surface area contributed by atoms with Crippen LogP contribution in [0.5, 0.6) is 0 Å². The van der Waals surface area contributed by atoms with E-state index in [9.17, 15) is 4.79 Å². The Hall–Kier alpha value is -1.55. The summed E-state index contributed by atoms with van der Waals surface area (Å²) in [7, 11) is 0. The number of hydrogen-bond donors (Lipinski definition) is 2. The van der Waals surface area contributed by atoms with E-state index in [0.29, 0.717) is 17.9 Å². The van der Waals surface area contributed by atoms with Crippen LogP contribution in [0.1, 0.15) is 64.4 Å². The molecule has 1 amide bonds. The summed E-state index contributed by atoms with van der Waals surface area (Å²) in [5.74, 6) is 1.41. The third-order valence-corrected chi connectivity index (χ3v) is 5.23. The summed E-state index contributed by atoms with van der Waals surface area (Å²) in [6, 6.07) is 11.4. The Morgan fingerprint density at radius 1 is 1.12 bits per heavy atom. The van der Waals surface area contributed by atoms with E-state index in [0.717, 1.165) is 32.2 Å². The van der Waals surface area contributed by atoms with Crippen LogP contribution in [0.3, 0.4) is 0 Å². The molecule has 0 radical (unpaired) electrons. The molecule has 0 saturated heterocycles. The highest BCUT2D eigenvalue weighted by atomic mass is 16.6. The molecule has 2 aliphatic carbocycles. The summed E-state index contributed by atoms with van der Waals surface area (Å²) in [6.45, 7) is 7.00. The fraction of sp³-hybridized carbons (Fsp3) is 0.667. The van der Waals surface area contributed by atoms with Gasteiger partial charge in [0.2, 0.25) is 0 Å². The van der Waals surface area contributed by atoms with Gasteiger partial charge in [0.15, 0.2) is 0 Å². The molecule has 0 spiro atoms. The van der Waals surface area contributed by atoms with Gasteiger partial charge in [-0.15, -0.1) is 0 Å². The van der Waals surface area contributed by atoms with Crippen molar-refractivity contribution in [3.8, 4) is 0 Å². The second-order valence-electron chi connectivity index (χ2n) is 8.69. The molecule has 2 fully saturated rings. The molecule has 2 N–H and O–H groups in total. The summed E-state index contributed by atoms with van der Waals surface area (Å²) in [4.78, 5) is 11.9. The highest BCUT2D eigenvalue weighted by molar-refractivity contribution is 5.68. The van der Waals surface area contributed by atoms with Crippen molar-refractivity contribution >= 4 is 6.09 Å². The van der Waals surface area contributed by atoms with Crippen LogP contribution in [-0.2, 0) is 4.74 Å². The minimum atomic E-state index is -0.280. The first-order valence-electron chi connectivity index (χ1n) is 9.68. The zero-order valence-corrected chi connectivity index (χ0v) is 15.8. The molecule has 1 aromatic rings. The number of hydrogen-bond acceptors (Lipinski definition) is 3. The lowest BCUT2D eigenvalue weighted by Gasteiger charge is -2.30. The van der Waals surface area contributed by atoms with E-state index in [1.165, 1.54) is 12.0 Å². The molecule has 0 heterocycles. The maximum Gasteiger partial charge on any atom is 0.407 e. The van der Waals surface area contributed by atoms with Gasteiger partial charge in [0.1, 0.15) is 6.10 Å². The molecule has 0 bridgehead atoms. The molecule has 4 nitrogen and oxygen atoms in total. The van der Waals surface area contributed by atoms with Crippen molar-refractivity contribution in [1.82, 2.24) is 10.6 Å². The van der Waals surface area contributed by atoms with Crippen LogP contribution in [-0.4, -0.2) is 30.3 Å². The number of benzene rings is 1. The average Bonchev–Trinajstić information content (AvgIpc) is 3.33. The van der Waals surface area contributed by atoms with Crippen molar-refractivity contribution in [3.63, 3.8) is 0 Å². The van der Waals surface area contributed by atoms with Crippen molar-refractivity contribution in [2.24, 2.45) is 5.92 Å². The maximum absolute atomic E-state index is 11.9. The summed E-state index contributed by atoms with van der Waals surface area (Å²) < 4.78 is 5.56. The molecular weight excluding hydrogens is 312 g/mol. The monoisotopic (exact) mass is 344 g/mol. The Morgan fingerprint density at radius 2 is 1.80 bits per heavy atom. The number of carbonyl (C=O) groups excluding carboxylic acids is 1. The predicted octanol–water partition coefficient (Wildman–Crippen LogP) is 4.22. The van der Waals surface area contributed by atoms with Gasteiger partial charge in [0, 0.05) is 17.5 Å². The van der Waals surface area contributed by atoms with Gasteiger partial charge in [-0.1, -0.05) is 30.3 Å². The van der Waals surface area contributed by atoms with E-state index in [1.807, 2.05) is 20.8 Å². The molecule has 4 heteroatoms. The average molecular weight is 344 g/mol. The standard InChI is InChI=1S/C21H32N2O2/c1-21(2,3)23-20(24)25-17-11-9-15(10-12-17)14-22-19-13-18(19)16-7-5-4-6-8-16/h4-8,15,17-19,22H,9-14H2,1-3H3,(H,23,24). The van der Waals surface area contributed by atoms with Gasteiger partial charge in [0.25, 0.3) is 0 Å². The summed E-state index contributed by atoms with van der Waals surface area (Å²) >= 11 is 0. The largest absolute Gasteiger partial charge is 0.446 e. The molecule has 2 aliphatic rings. The first kappa shape index (κ1) is 18.2. The fourth-order valence-corrected chi connectivity index (χ4v) is 3.75. The van der Waals surface area contributed by atoms with Crippen LogP contribution < -0.4 is 10.6 Å². The van der Waals surface area contributed by atoms with Gasteiger partial charge in [-0.3, -0.25) is 0 Å². The van der Waals surface area contributed by atoms with E-state index in [4.69, 9.17) is 4.74 Å². The quantitative estimate of drug-likeness (QED) is 0.841. The lowest BCUT2D eigenvalue weighted by atomic mass is 9.87. The minimum Gasteiger partial charge on any atom is -0.446 e. The smallest absolute Gasteiger partial charge is 0.407 e. The minimum absolute atomic E-state index is 0.0802. The molecule has 3 rings (SSSR count). The Bertz CT molecular complexity index is 559. The van der Waals surface area contributed by atoms with Crippen LogP contribution in [0.15, 0.2) is 30.3 Å². The van der Waals surface area contributed by atoms with Gasteiger partial charge in [-0.2, -0.15) is 0 Å². The molecule has 0 aliphatic heterocycles. The molecule has 0 aromatic heterocycles. The highest BCUT2D eigenvalue weighted by Gasteiger charge is 2.38. The molecule has 1 aromatic carbocycles. The summed E-state index contributed by atoms with van der Waals surface area (Å²) in [5, 5.41) is 6.61. The normalized spacial score (nSPS) is 29.1. The van der Waals surface area contributed by atoms with E-state index < -0.39 is 0 Å². The van der Waals surface area contributed by atoms with Gasteiger partial charge in [-0.05, 0) is 70.9 Å². The van der Waals surface area contributed by atoms with Crippen LogP contribution in [0.2, 0.25) is 0 Å². The second kappa shape index (κ2) is 7.77. The van der Waals surface area contributed by atoms with Crippen molar-refractivity contribution < 1.29 is 9.53 Å². The van der Waals surface area contributed by atoms with E-state index in [1.54, 1.807) is 0 Å². The Balaban J connectivity index is 1.32. The zero-order valence-electron chi connectivity index (χ0n) is 15.8. The summed E-state index contributed by atoms with van der Waals surface area (Å²) in [6.07, 6.45) is 5.31. The van der Waals surface area contributed by atoms with Gasteiger partial charge in [0.05, 0.1) is 0 Å². The predicted molar refractivity (Wildman–Crippen MR) is 101 cm³/mol. The van der Waals surface area contributed by atoms with Crippen LogP contribution >= 0.6 is 0 Å². The van der Waals surface area contributed by atoms with E-state index in [-0.39, 0.29) is 17.7 Å². The van der Waals surface area contributed by atoms with Crippen molar-refractivity contribution in [3.05, 3.63) is 35.9 Å². The second-order valence-corrected chi connectivity index (χ2v) is 8.69. The highest BCUT2D eigenvalue weighted by Crippen LogP contribution is 2.41. The van der Waals surface area contributed by atoms with Crippen molar-refractivity contribution in [2.75, 3.05) is 6.54 Å². The maximum atomic E-state index is 11.9. The SMILES string of the molecule is CC(C)(C)NC(=O)OC1CCC(CNC2CC2c2ccccc2)CC1. The lowest BCUT2D eigenvalue weighted by molar-refractivity contribution is 0.0598. The third-order valence-electron chi connectivity index (χ3n) is 5.23. The fourth-order valence-electron chi connectivity index (χ4n) is 3.75. The number of ether oxygens (including phenoxy) is 1. The number of nitrogens with one attached hydrogen (secondary N) is 2. The van der Waals surface area contributed by atoms with Gasteiger partial charge in [-0.25, -0.2) is 4.79 Å². The number of alkyl carbamates (subject to hydrolysis) is 1. The third kappa shape index (κ3) is 5.74. The van der Waals surface area contributed by atoms with E-state index >= 15 is 0 Å². The zero-order chi connectivity index (χ0) is 17.9. The Morgan fingerprint density at radius 3 is 2.44 bits per heavy atom. The first-order valence-corrected chi connectivity index (χ1v) is 9.68.